The van der Waals surface area contributed by atoms with Crippen LogP contribution in [0.2, 0.25) is 5.02 Å². The van der Waals surface area contributed by atoms with E-state index in [1.165, 1.54) is 12.3 Å². The van der Waals surface area contributed by atoms with E-state index in [1.54, 1.807) is 13.0 Å². The summed E-state index contributed by atoms with van der Waals surface area (Å²) in [4.78, 5) is 12.4. The molecule has 0 saturated carbocycles. The zero-order valence-electron chi connectivity index (χ0n) is 8.92. The monoisotopic (exact) mass is 273 g/mol. The maximum Gasteiger partial charge on any atom is 0.346 e. The molecular formula is C11H9ClFNO2S. The smallest absolute Gasteiger partial charge is 0.346 e. The lowest BCUT2D eigenvalue weighted by molar-refractivity contribution is -0.137. The third-order valence-electron chi connectivity index (χ3n) is 2.10. The number of esters is 1. The Balaban J connectivity index is 2.29. The Morgan fingerprint density at radius 2 is 2.35 bits per heavy atom. The molecule has 0 radical (unpaired) electrons. The number of hydrogen-bond donors (Lipinski definition) is 1. The van der Waals surface area contributed by atoms with Crippen molar-refractivity contribution in [2.45, 2.75) is 11.8 Å². The fourth-order valence-corrected chi connectivity index (χ4v) is 2.52. The quantitative estimate of drug-likeness (QED) is 0.838. The molecule has 1 heterocycles. The minimum absolute atomic E-state index is 0.00917. The summed E-state index contributed by atoms with van der Waals surface area (Å²) in [6, 6.07) is 2.85. The first-order chi connectivity index (χ1) is 8.13. The van der Waals surface area contributed by atoms with Gasteiger partial charge < -0.3 is 10.1 Å². The number of thioether (sulfide) groups is 1. The molecule has 0 saturated heterocycles. The normalized spacial score (nSPS) is 13.5. The van der Waals surface area contributed by atoms with Gasteiger partial charge >= 0.3 is 5.97 Å². The fourth-order valence-electron chi connectivity index (χ4n) is 1.33. The van der Waals surface area contributed by atoms with E-state index in [2.05, 4.69) is 5.32 Å². The number of anilines is 1. The molecule has 1 N–H and O–H groups in total. The molecule has 0 aliphatic carbocycles. The summed E-state index contributed by atoms with van der Waals surface area (Å²) in [7, 11) is 0. The first kappa shape index (κ1) is 12.3. The molecule has 0 atom stereocenters. The van der Waals surface area contributed by atoms with Gasteiger partial charge in [0.05, 0.1) is 22.2 Å². The van der Waals surface area contributed by atoms with Crippen LogP contribution in [0.25, 0.3) is 0 Å². The summed E-state index contributed by atoms with van der Waals surface area (Å²) in [6.07, 6.45) is 1.53. The lowest BCUT2D eigenvalue weighted by atomic mass is 10.3. The van der Waals surface area contributed by atoms with Gasteiger partial charge in [-0.05, 0) is 19.1 Å². The fraction of sp³-hybridized carbons (Fsp3) is 0.182. The van der Waals surface area contributed by atoms with Crippen LogP contribution in [0.5, 0.6) is 0 Å². The number of nitrogens with one attached hydrogen (secondary N) is 1. The maximum absolute atomic E-state index is 13.3. The van der Waals surface area contributed by atoms with Crippen molar-refractivity contribution >= 4 is 35.0 Å². The molecule has 2 rings (SSSR count). The zero-order chi connectivity index (χ0) is 12.4. The molecule has 0 bridgehead atoms. The van der Waals surface area contributed by atoms with Crippen LogP contribution in [0.1, 0.15) is 6.92 Å². The maximum atomic E-state index is 13.3. The van der Waals surface area contributed by atoms with Crippen LogP contribution in [-0.4, -0.2) is 12.6 Å². The van der Waals surface area contributed by atoms with Crippen LogP contribution < -0.4 is 5.32 Å². The van der Waals surface area contributed by atoms with Crippen LogP contribution in [0, 0.1) is 5.82 Å². The van der Waals surface area contributed by atoms with Crippen molar-refractivity contribution in [2.75, 3.05) is 11.9 Å². The SMILES string of the molecule is CCOC(=O)C1=CNc2ccc(F)c(Cl)c2S1. The van der Waals surface area contributed by atoms with E-state index in [4.69, 9.17) is 16.3 Å². The molecule has 1 aromatic carbocycles. The van der Waals surface area contributed by atoms with Gasteiger partial charge in [0.25, 0.3) is 0 Å². The van der Waals surface area contributed by atoms with Crippen molar-refractivity contribution in [1.29, 1.82) is 0 Å². The van der Waals surface area contributed by atoms with Gasteiger partial charge in [0.1, 0.15) is 10.7 Å². The minimum atomic E-state index is -0.509. The highest BCUT2D eigenvalue weighted by Gasteiger charge is 2.22. The summed E-state index contributed by atoms with van der Waals surface area (Å²) in [5.41, 5.74) is 0.675. The molecule has 0 amide bonds. The number of rotatable bonds is 2. The number of carbonyl (C=O) groups excluding carboxylic acids is 1. The van der Waals surface area contributed by atoms with E-state index in [-0.39, 0.29) is 5.02 Å². The van der Waals surface area contributed by atoms with E-state index in [0.29, 0.717) is 22.1 Å². The van der Waals surface area contributed by atoms with E-state index in [0.717, 1.165) is 11.8 Å². The summed E-state index contributed by atoms with van der Waals surface area (Å²) in [5.74, 6) is -0.958. The number of halogens is 2. The summed E-state index contributed by atoms with van der Waals surface area (Å²) >= 11 is 6.94. The van der Waals surface area contributed by atoms with Crippen molar-refractivity contribution < 1.29 is 13.9 Å². The van der Waals surface area contributed by atoms with Crippen molar-refractivity contribution in [3.63, 3.8) is 0 Å². The number of ether oxygens (including phenoxy) is 1. The third kappa shape index (κ3) is 2.40. The molecule has 1 aliphatic rings. The Labute approximate surface area is 107 Å². The summed E-state index contributed by atoms with van der Waals surface area (Å²) < 4.78 is 18.1. The lowest BCUT2D eigenvalue weighted by Gasteiger charge is -2.17. The van der Waals surface area contributed by atoms with Gasteiger partial charge in [-0.15, -0.1) is 0 Å². The van der Waals surface area contributed by atoms with Crippen LogP contribution in [-0.2, 0) is 9.53 Å². The van der Waals surface area contributed by atoms with Gasteiger partial charge in [-0.3, -0.25) is 0 Å². The highest BCUT2D eigenvalue weighted by molar-refractivity contribution is 8.04. The first-order valence-corrected chi connectivity index (χ1v) is 6.12. The Morgan fingerprint density at radius 1 is 1.59 bits per heavy atom. The van der Waals surface area contributed by atoms with E-state index in [9.17, 15) is 9.18 Å². The molecular weight excluding hydrogens is 265 g/mol. The minimum Gasteiger partial charge on any atom is -0.462 e. The average molecular weight is 274 g/mol. The second-order valence-corrected chi connectivity index (χ2v) is 4.64. The molecule has 0 aromatic heterocycles. The van der Waals surface area contributed by atoms with Crippen molar-refractivity contribution in [1.82, 2.24) is 0 Å². The van der Waals surface area contributed by atoms with Gasteiger partial charge in [-0.1, -0.05) is 23.4 Å². The second kappa shape index (κ2) is 4.98. The van der Waals surface area contributed by atoms with Gasteiger partial charge in [0.15, 0.2) is 0 Å². The molecule has 90 valence electrons. The van der Waals surface area contributed by atoms with Crippen molar-refractivity contribution in [2.24, 2.45) is 0 Å². The molecule has 1 aliphatic heterocycles. The highest BCUT2D eigenvalue weighted by Crippen LogP contribution is 2.42. The molecule has 0 unspecified atom stereocenters. The number of fused-ring (bicyclic) bond motifs is 1. The topological polar surface area (TPSA) is 38.3 Å². The number of benzene rings is 1. The Morgan fingerprint density at radius 3 is 3.06 bits per heavy atom. The largest absolute Gasteiger partial charge is 0.462 e. The zero-order valence-corrected chi connectivity index (χ0v) is 10.5. The molecule has 17 heavy (non-hydrogen) atoms. The van der Waals surface area contributed by atoms with Crippen molar-refractivity contribution in [3.8, 4) is 0 Å². The second-order valence-electron chi connectivity index (χ2n) is 3.21. The van der Waals surface area contributed by atoms with Gasteiger partial charge in [0, 0.05) is 6.20 Å². The molecule has 6 heteroatoms. The Bertz CT molecular complexity index is 504. The van der Waals surface area contributed by atoms with Crippen LogP contribution in [0.4, 0.5) is 10.1 Å². The van der Waals surface area contributed by atoms with E-state index >= 15 is 0 Å². The van der Waals surface area contributed by atoms with Crippen LogP contribution in [0.15, 0.2) is 28.1 Å². The number of hydrogen-bond acceptors (Lipinski definition) is 4. The standard InChI is InChI=1S/C11H9ClFNO2S/c1-2-16-11(15)8-5-14-7-4-3-6(13)9(12)10(7)17-8/h3-5,14H,2H2,1H3. The number of carbonyl (C=O) groups is 1. The molecule has 3 nitrogen and oxygen atoms in total. The third-order valence-corrected chi connectivity index (χ3v) is 3.71. The van der Waals surface area contributed by atoms with Gasteiger partial charge in [-0.25, -0.2) is 9.18 Å². The first-order valence-electron chi connectivity index (χ1n) is 4.93. The van der Waals surface area contributed by atoms with Crippen molar-refractivity contribution in [3.05, 3.63) is 34.1 Å². The van der Waals surface area contributed by atoms with E-state index in [1.807, 2.05) is 0 Å². The summed E-state index contributed by atoms with van der Waals surface area (Å²) in [6.45, 7) is 2.01. The molecule has 0 fully saturated rings. The molecule has 1 aromatic rings. The van der Waals surface area contributed by atoms with Crippen LogP contribution >= 0.6 is 23.4 Å². The average Bonchev–Trinajstić information content (AvgIpc) is 2.34. The Kier molecular flexibility index (Phi) is 3.59. The van der Waals surface area contributed by atoms with E-state index < -0.39 is 11.8 Å². The van der Waals surface area contributed by atoms with Gasteiger partial charge in [-0.2, -0.15) is 0 Å². The predicted molar refractivity (Wildman–Crippen MR) is 65.6 cm³/mol. The highest BCUT2D eigenvalue weighted by atomic mass is 35.5. The van der Waals surface area contributed by atoms with Crippen LogP contribution in [0.3, 0.4) is 0 Å². The predicted octanol–water partition coefficient (Wildman–Crippen LogP) is 3.40. The summed E-state index contributed by atoms with van der Waals surface area (Å²) in [5, 5.41) is 2.89. The molecule has 0 spiro atoms. The van der Waals surface area contributed by atoms with Gasteiger partial charge in [0.2, 0.25) is 0 Å². The Hall–Kier alpha value is -1.20. The lowest BCUT2D eigenvalue weighted by Crippen LogP contribution is -2.10.